The fraction of sp³-hybridized carbons (Fsp3) is 0.903. The number of phosphoric ester groups is 1. The highest BCUT2D eigenvalue weighted by Crippen LogP contribution is 2.35. The van der Waals surface area contributed by atoms with Gasteiger partial charge in [0, 0.05) is 6.42 Å². The fourth-order valence-corrected chi connectivity index (χ4v) is 5.11. The predicted octanol–water partition coefficient (Wildman–Crippen LogP) is 8.51. The van der Waals surface area contributed by atoms with Gasteiger partial charge in [0.2, 0.25) is 5.91 Å². The van der Waals surface area contributed by atoms with Crippen LogP contribution in [0.3, 0.4) is 0 Å². The standard InChI is InChI=1S/C31H62NO6P/c1-3-5-7-9-11-13-15-16-17-19-21-23-25-27-31(34)32-29(28-38-39(35,36)37)30(33)26-24-22-20-18-14-12-10-8-6-4-2/h24,26,29-30,33H,3-23,25,27-28H2,1-2H3,(H,32,34)(H2,35,36,37)/b26-24+/t29-,30+/m0/s1. The molecule has 4 N–H and O–H groups in total. The molecule has 232 valence electrons. The maximum atomic E-state index is 12.4. The molecule has 0 radical (unpaired) electrons. The lowest BCUT2D eigenvalue weighted by Gasteiger charge is -2.22. The number of hydrogen-bond acceptors (Lipinski definition) is 4. The third-order valence-electron chi connectivity index (χ3n) is 7.25. The van der Waals surface area contributed by atoms with Crippen molar-refractivity contribution in [3.8, 4) is 0 Å². The first-order chi connectivity index (χ1) is 18.8. The van der Waals surface area contributed by atoms with Gasteiger partial charge in [-0.1, -0.05) is 148 Å². The molecule has 0 aromatic carbocycles. The molecule has 0 aliphatic heterocycles. The Bertz CT molecular complexity index is 624. The van der Waals surface area contributed by atoms with Crippen molar-refractivity contribution >= 4 is 13.7 Å². The summed E-state index contributed by atoms with van der Waals surface area (Å²) in [6, 6.07) is -0.901. The van der Waals surface area contributed by atoms with Gasteiger partial charge in [-0.15, -0.1) is 0 Å². The molecule has 0 rings (SSSR count). The molecule has 0 aromatic heterocycles. The van der Waals surface area contributed by atoms with Crippen molar-refractivity contribution in [3.63, 3.8) is 0 Å². The van der Waals surface area contributed by atoms with E-state index in [1.807, 2.05) is 6.08 Å². The van der Waals surface area contributed by atoms with E-state index in [2.05, 4.69) is 23.7 Å². The van der Waals surface area contributed by atoms with Gasteiger partial charge in [-0.05, 0) is 19.3 Å². The Morgan fingerprint density at radius 3 is 1.56 bits per heavy atom. The van der Waals surface area contributed by atoms with E-state index in [-0.39, 0.29) is 5.91 Å². The minimum atomic E-state index is -4.70. The van der Waals surface area contributed by atoms with Crippen LogP contribution < -0.4 is 5.32 Å². The Balaban J connectivity index is 4.10. The Morgan fingerprint density at radius 1 is 0.718 bits per heavy atom. The average Bonchev–Trinajstić information content (AvgIpc) is 2.89. The Kier molecular flexibility index (Phi) is 26.9. The van der Waals surface area contributed by atoms with Gasteiger partial charge in [0.05, 0.1) is 18.8 Å². The van der Waals surface area contributed by atoms with E-state index in [1.165, 1.54) is 103 Å². The van der Waals surface area contributed by atoms with E-state index in [0.29, 0.717) is 6.42 Å². The highest BCUT2D eigenvalue weighted by atomic mass is 31.2. The molecule has 0 unspecified atom stereocenters. The van der Waals surface area contributed by atoms with Gasteiger partial charge < -0.3 is 20.2 Å². The first-order valence-corrected chi connectivity index (χ1v) is 17.7. The highest BCUT2D eigenvalue weighted by Gasteiger charge is 2.24. The predicted molar refractivity (Wildman–Crippen MR) is 163 cm³/mol. The smallest absolute Gasteiger partial charge is 0.387 e. The number of rotatable bonds is 29. The Labute approximate surface area is 240 Å². The maximum absolute atomic E-state index is 12.4. The third kappa shape index (κ3) is 28.6. The van der Waals surface area contributed by atoms with Crippen molar-refractivity contribution < 1.29 is 28.8 Å². The van der Waals surface area contributed by atoms with E-state index < -0.39 is 26.6 Å². The van der Waals surface area contributed by atoms with Crippen LogP contribution in [0.25, 0.3) is 0 Å². The normalized spacial score (nSPS) is 13.7. The van der Waals surface area contributed by atoms with Gasteiger partial charge in [-0.25, -0.2) is 4.57 Å². The number of allylic oxidation sites excluding steroid dienone is 1. The molecule has 7 nitrogen and oxygen atoms in total. The first-order valence-electron chi connectivity index (χ1n) is 16.1. The Hall–Kier alpha value is -0.720. The summed E-state index contributed by atoms with van der Waals surface area (Å²) in [5.41, 5.74) is 0. The number of nitrogens with one attached hydrogen (secondary N) is 1. The van der Waals surface area contributed by atoms with Crippen molar-refractivity contribution in [2.45, 2.75) is 174 Å². The molecular formula is C31H62NO6P. The summed E-state index contributed by atoms with van der Waals surface area (Å²) >= 11 is 0. The van der Waals surface area contributed by atoms with Crippen molar-refractivity contribution in [3.05, 3.63) is 12.2 Å². The van der Waals surface area contributed by atoms with Gasteiger partial charge in [-0.2, -0.15) is 0 Å². The van der Waals surface area contributed by atoms with E-state index in [1.54, 1.807) is 6.08 Å². The van der Waals surface area contributed by atoms with Gasteiger partial charge in [0.15, 0.2) is 0 Å². The van der Waals surface area contributed by atoms with Crippen molar-refractivity contribution in [2.24, 2.45) is 0 Å². The third-order valence-corrected chi connectivity index (χ3v) is 7.73. The molecule has 1 amide bonds. The first kappa shape index (κ1) is 38.3. The van der Waals surface area contributed by atoms with Crippen LogP contribution in [-0.2, 0) is 13.9 Å². The van der Waals surface area contributed by atoms with Crippen molar-refractivity contribution in [2.75, 3.05) is 6.61 Å². The van der Waals surface area contributed by atoms with E-state index in [9.17, 15) is 14.5 Å². The molecule has 0 fully saturated rings. The monoisotopic (exact) mass is 575 g/mol. The molecule has 0 aliphatic carbocycles. The molecule has 0 heterocycles. The number of aliphatic hydroxyl groups is 1. The largest absolute Gasteiger partial charge is 0.469 e. The second kappa shape index (κ2) is 27.4. The molecule has 0 saturated carbocycles. The van der Waals surface area contributed by atoms with Gasteiger partial charge in [0.25, 0.3) is 0 Å². The minimum absolute atomic E-state index is 0.229. The second-order valence-corrected chi connectivity index (χ2v) is 12.4. The topological polar surface area (TPSA) is 116 Å². The van der Waals surface area contributed by atoms with Crippen LogP contribution >= 0.6 is 7.82 Å². The van der Waals surface area contributed by atoms with Crippen LogP contribution in [0, 0.1) is 0 Å². The summed E-state index contributed by atoms with van der Waals surface area (Å²) < 4.78 is 15.7. The molecular weight excluding hydrogens is 513 g/mol. The Morgan fingerprint density at radius 2 is 1.13 bits per heavy atom. The van der Waals surface area contributed by atoms with Crippen LogP contribution in [0.15, 0.2) is 12.2 Å². The molecule has 0 bridgehead atoms. The number of carbonyl (C=O) groups excluding carboxylic acids is 1. The van der Waals surface area contributed by atoms with Crippen LogP contribution in [-0.4, -0.2) is 39.6 Å². The average molecular weight is 576 g/mol. The lowest BCUT2D eigenvalue weighted by Crippen LogP contribution is -2.45. The van der Waals surface area contributed by atoms with E-state index in [4.69, 9.17) is 9.79 Å². The van der Waals surface area contributed by atoms with Crippen LogP contribution in [0.4, 0.5) is 0 Å². The number of unbranched alkanes of at least 4 members (excludes halogenated alkanes) is 20. The molecule has 8 heteroatoms. The van der Waals surface area contributed by atoms with Gasteiger partial charge in [0.1, 0.15) is 0 Å². The van der Waals surface area contributed by atoms with E-state index >= 15 is 0 Å². The number of carbonyl (C=O) groups is 1. The number of hydrogen-bond donors (Lipinski definition) is 4. The molecule has 0 saturated heterocycles. The second-order valence-electron chi connectivity index (χ2n) is 11.1. The highest BCUT2D eigenvalue weighted by molar-refractivity contribution is 7.46. The van der Waals surface area contributed by atoms with Crippen molar-refractivity contribution in [1.29, 1.82) is 0 Å². The quantitative estimate of drug-likeness (QED) is 0.0404. The lowest BCUT2D eigenvalue weighted by molar-refractivity contribution is -0.123. The molecule has 0 aromatic rings. The van der Waals surface area contributed by atoms with Gasteiger partial charge in [-0.3, -0.25) is 9.32 Å². The minimum Gasteiger partial charge on any atom is -0.387 e. The number of aliphatic hydroxyl groups excluding tert-OH is 1. The summed E-state index contributed by atoms with van der Waals surface area (Å²) in [6.45, 7) is 4.02. The molecule has 0 spiro atoms. The van der Waals surface area contributed by atoms with Crippen molar-refractivity contribution in [1.82, 2.24) is 5.32 Å². The summed E-state index contributed by atoms with van der Waals surface area (Å²) in [6.07, 6.45) is 29.4. The zero-order chi connectivity index (χ0) is 29.0. The lowest BCUT2D eigenvalue weighted by atomic mass is 10.0. The summed E-state index contributed by atoms with van der Waals surface area (Å²) in [5.74, 6) is -0.229. The zero-order valence-electron chi connectivity index (χ0n) is 25.3. The summed E-state index contributed by atoms with van der Waals surface area (Å²) in [5, 5.41) is 13.2. The van der Waals surface area contributed by atoms with Gasteiger partial charge >= 0.3 is 7.82 Å². The maximum Gasteiger partial charge on any atom is 0.469 e. The van der Waals surface area contributed by atoms with E-state index in [0.717, 1.165) is 38.5 Å². The fourth-order valence-electron chi connectivity index (χ4n) is 4.75. The molecule has 39 heavy (non-hydrogen) atoms. The van der Waals surface area contributed by atoms with Crippen LogP contribution in [0.1, 0.15) is 162 Å². The number of amides is 1. The molecule has 0 aliphatic rings. The molecule has 2 atom stereocenters. The summed E-state index contributed by atoms with van der Waals surface area (Å²) in [4.78, 5) is 30.5. The van der Waals surface area contributed by atoms with Crippen LogP contribution in [0.5, 0.6) is 0 Å². The SMILES string of the molecule is CCCCCCCCCC/C=C/[C@@H](O)[C@H](COP(=O)(O)O)NC(=O)CCCCCCCCCCCCCCC. The summed E-state index contributed by atoms with van der Waals surface area (Å²) in [7, 11) is -4.70. The zero-order valence-corrected chi connectivity index (χ0v) is 26.2. The van der Waals surface area contributed by atoms with Crippen LogP contribution in [0.2, 0.25) is 0 Å². The number of phosphoric acid groups is 1.